The Morgan fingerprint density at radius 3 is 1.92 bits per heavy atom. The Morgan fingerprint density at radius 2 is 1.54 bits per heavy atom. The zero-order valence-electron chi connectivity index (χ0n) is 13.8. The summed E-state index contributed by atoms with van der Waals surface area (Å²) in [5.41, 5.74) is 5.07. The molecule has 9 N–H and O–H groups in total. The van der Waals surface area contributed by atoms with E-state index in [2.05, 4.69) is 0 Å². The molecule has 4 atom stereocenters. The van der Waals surface area contributed by atoms with Gasteiger partial charge in [-0.1, -0.05) is 0 Å². The molecule has 3 amide bonds. The van der Waals surface area contributed by atoms with E-state index in [1.165, 1.54) is 0 Å². The van der Waals surface area contributed by atoms with Crippen LogP contribution in [0.25, 0.3) is 0 Å². The van der Waals surface area contributed by atoms with Crippen LogP contribution in [0.4, 0.5) is 0 Å². The van der Waals surface area contributed by atoms with Crippen molar-refractivity contribution in [3.63, 3.8) is 0 Å². The number of carboxylic acids is 2. The van der Waals surface area contributed by atoms with Gasteiger partial charge < -0.3 is 42.1 Å². The monoisotopic (exact) mass is 378 g/mol. The molecule has 148 valence electrons. The Labute approximate surface area is 147 Å². The number of hydrogen-bond donors (Lipinski definition) is 8. The summed E-state index contributed by atoms with van der Waals surface area (Å²) in [6.07, 6.45) is -2.32. The Morgan fingerprint density at radius 1 is 0.962 bits per heavy atom. The van der Waals surface area contributed by atoms with Gasteiger partial charge >= 0.3 is 11.9 Å². The highest BCUT2D eigenvalue weighted by Crippen LogP contribution is 2.00. The molecule has 0 spiro atoms. The average molecular weight is 378 g/mol. The zero-order valence-corrected chi connectivity index (χ0v) is 13.8. The lowest BCUT2D eigenvalue weighted by Gasteiger charge is -2.25. The molecule has 13 heteroatoms. The van der Waals surface area contributed by atoms with Gasteiger partial charge in [0.15, 0.2) is 0 Å². The molecular weight excluding hydrogens is 356 g/mol. The molecular formula is C13H22N4O9. The molecule has 0 aliphatic rings. The fourth-order valence-corrected chi connectivity index (χ4v) is 1.74. The van der Waals surface area contributed by atoms with Gasteiger partial charge in [0, 0.05) is 0 Å². The van der Waals surface area contributed by atoms with Gasteiger partial charge in [-0.15, -0.1) is 0 Å². The molecule has 0 bridgehead atoms. The minimum atomic E-state index is -1.67. The molecule has 0 saturated heterocycles. The second kappa shape index (κ2) is 11.0. The normalized spacial score (nSPS) is 15.1. The SMILES string of the molecule is CC(O)C(NC(=O)C(CC(=O)O)NC(=O)CN)C(=O)NC(CO)C(=O)O. The third-order valence-corrected chi connectivity index (χ3v) is 3.08. The summed E-state index contributed by atoms with van der Waals surface area (Å²) in [7, 11) is 0. The first-order chi connectivity index (χ1) is 12.0. The van der Waals surface area contributed by atoms with Crippen molar-refractivity contribution in [3.05, 3.63) is 0 Å². The quantitative estimate of drug-likeness (QED) is 0.171. The molecule has 0 rings (SSSR count). The summed E-state index contributed by atoms with van der Waals surface area (Å²) in [6.45, 7) is -0.333. The van der Waals surface area contributed by atoms with Crippen molar-refractivity contribution in [2.45, 2.75) is 37.6 Å². The van der Waals surface area contributed by atoms with E-state index in [1.54, 1.807) is 0 Å². The number of carbonyl (C=O) groups excluding carboxylic acids is 3. The van der Waals surface area contributed by atoms with E-state index in [9.17, 15) is 29.1 Å². The number of carboxylic acid groups (broad SMARTS) is 2. The van der Waals surface area contributed by atoms with Crippen molar-refractivity contribution < 1.29 is 44.4 Å². The van der Waals surface area contributed by atoms with Crippen LogP contribution in [-0.4, -0.2) is 87.5 Å². The first-order valence-corrected chi connectivity index (χ1v) is 7.37. The first-order valence-electron chi connectivity index (χ1n) is 7.37. The van der Waals surface area contributed by atoms with Crippen molar-refractivity contribution in [1.29, 1.82) is 0 Å². The zero-order chi connectivity index (χ0) is 20.4. The van der Waals surface area contributed by atoms with E-state index in [0.717, 1.165) is 6.92 Å². The topological polar surface area (TPSA) is 228 Å². The fraction of sp³-hybridized carbons (Fsp3) is 0.615. The molecule has 0 heterocycles. The minimum absolute atomic E-state index is 0.513. The van der Waals surface area contributed by atoms with Gasteiger partial charge in [0.1, 0.15) is 18.1 Å². The van der Waals surface area contributed by atoms with Crippen molar-refractivity contribution >= 4 is 29.7 Å². The third-order valence-electron chi connectivity index (χ3n) is 3.08. The number of carbonyl (C=O) groups is 5. The van der Waals surface area contributed by atoms with Crippen LogP contribution in [0.3, 0.4) is 0 Å². The molecule has 0 aromatic heterocycles. The summed E-state index contributed by atoms with van der Waals surface area (Å²) >= 11 is 0. The number of nitrogens with one attached hydrogen (secondary N) is 3. The molecule has 0 saturated carbocycles. The minimum Gasteiger partial charge on any atom is -0.481 e. The van der Waals surface area contributed by atoms with Crippen LogP contribution in [-0.2, 0) is 24.0 Å². The van der Waals surface area contributed by atoms with Gasteiger partial charge in [-0.2, -0.15) is 0 Å². The second-order valence-electron chi connectivity index (χ2n) is 5.23. The molecule has 26 heavy (non-hydrogen) atoms. The number of nitrogens with two attached hydrogens (primary N) is 1. The van der Waals surface area contributed by atoms with Gasteiger partial charge in [-0.05, 0) is 6.92 Å². The summed E-state index contributed by atoms with van der Waals surface area (Å²) in [5.74, 6) is -6.03. The van der Waals surface area contributed by atoms with E-state index in [1.807, 2.05) is 16.0 Å². The Hall–Kier alpha value is -2.77. The lowest BCUT2D eigenvalue weighted by molar-refractivity contribution is -0.144. The van der Waals surface area contributed by atoms with Crippen molar-refractivity contribution in [1.82, 2.24) is 16.0 Å². The Bertz CT molecular complexity index is 552. The standard InChI is InChI=1S/C13H22N4O9/c1-5(19)10(12(24)16-7(4-18)13(25)26)17-11(23)6(2-9(21)22)15-8(20)3-14/h5-7,10,18-19H,2-4,14H2,1H3,(H,15,20)(H,16,24)(H,17,23)(H,21,22)(H,25,26). The number of aliphatic hydroxyl groups is 2. The molecule has 13 nitrogen and oxygen atoms in total. The van der Waals surface area contributed by atoms with Crippen LogP contribution in [0.1, 0.15) is 13.3 Å². The van der Waals surface area contributed by atoms with E-state index in [0.29, 0.717) is 0 Å². The van der Waals surface area contributed by atoms with Crippen LogP contribution >= 0.6 is 0 Å². The van der Waals surface area contributed by atoms with Crippen molar-refractivity contribution in [2.75, 3.05) is 13.2 Å². The molecule has 0 fully saturated rings. The van der Waals surface area contributed by atoms with Crippen LogP contribution in [0.5, 0.6) is 0 Å². The second-order valence-corrected chi connectivity index (χ2v) is 5.23. The van der Waals surface area contributed by atoms with Gasteiger partial charge in [0.2, 0.25) is 17.7 Å². The highest BCUT2D eigenvalue weighted by atomic mass is 16.4. The maximum atomic E-state index is 12.2. The van der Waals surface area contributed by atoms with E-state index < -0.39 is 73.5 Å². The predicted octanol–water partition coefficient (Wildman–Crippen LogP) is -4.67. The van der Waals surface area contributed by atoms with Gasteiger partial charge in [-0.3, -0.25) is 19.2 Å². The van der Waals surface area contributed by atoms with E-state index >= 15 is 0 Å². The molecule has 0 aliphatic carbocycles. The van der Waals surface area contributed by atoms with E-state index in [4.69, 9.17) is 21.1 Å². The van der Waals surface area contributed by atoms with Crippen LogP contribution in [0, 0.1) is 0 Å². The van der Waals surface area contributed by atoms with Crippen LogP contribution in [0.2, 0.25) is 0 Å². The van der Waals surface area contributed by atoms with Crippen LogP contribution in [0.15, 0.2) is 0 Å². The number of aliphatic hydroxyl groups excluding tert-OH is 2. The number of hydrogen-bond acceptors (Lipinski definition) is 8. The number of aliphatic carboxylic acids is 2. The van der Waals surface area contributed by atoms with Crippen molar-refractivity contribution in [3.8, 4) is 0 Å². The molecule has 4 unspecified atom stereocenters. The lowest BCUT2D eigenvalue weighted by Crippen LogP contribution is -2.59. The van der Waals surface area contributed by atoms with Gasteiger partial charge in [0.25, 0.3) is 0 Å². The summed E-state index contributed by atoms with van der Waals surface area (Å²) < 4.78 is 0. The predicted molar refractivity (Wildman–Crippen MR) is 83.5 cm³/mol. The van der Waals surface area contributed by atoms with Gasteiger partial charge in [0.05, 0.1) is 25.7 Å². The Kier molecular flexibility index (Phi) is 9.80. The largest absolute Gasteiger partial charge is 0.481 e. The third kappa shape index (κ3) is 7.87. The molecule has 0 aromatic carbocycles. The van der Waals surface area contributed by atoms with Gasteiger partial charge in [-0.25, -0.2) is 4.79 Å². The number of rotatable bonds is 11. The number of amides is 3. The van der Waals surface area contributed by atoms with Crippen molar-refractivity contribution in [2.24, 2.45) is 5.73 Å². The van der Waals surface area contributed by atoms with E-state index in [-0.39, 0.29) is 0 Å². The van der Waals surface area contributed by atoms with Crippen LogP contribution < -0.4 is 21.7 Å². The highest BCUT2D eigenvalue weighted by molar-refractivity contribution is 5.95. The lowest BCUT2D eigenvalue weighted by atomic mass is 10.1. The molecule has 0 aromatic rings. The summed E-state index contributed by atoms with van der Waals surface area (Å²) in [6, 6.07) is -4.92. The maximum absolute atomic E-state index is 12.2. The summed E-state index contributed by atoms with van der Waals surface area (Å²) in [5, 5.41) is 42.1. The molecule has 0 aliphatic heterocycles. The molecule has 0 radical (unpaired) electrons. The first kappa shape index (κ1) is 23.2. The Balaban J connectivity index is 5.21. The average Bonchev–Trinajstić information content (AvgIpc) is 2.55. The summed E-state index contributed by atoms with van der Waals surface area (Å²) in [4.78, 5) is 57.1. The smallest absolute Gasteiger partial charge is 0.328 e. The fourth-order valence-electron chi connectivity index (χ4n) is 1.74. The maximum Gasteiger partial charge on any atom is 0.328 e. The highest BCUT2D eigenvalue weighted by Gasteiger charge is 2.32.